The van der Waals surface area contributed by atoms with Crippen LogP contribution in [0.15, 0.2) is 0 Å². The van der Waals surface area contributed by atoms with Crippen LogP contribution in [0.25, 0.3) is 0 Å². The number of nitrogens with one attached hydrogen (secondary N) is 4. The van der Waals surface area contributed by atoms with Crippen LogP contribution >= 0.6 is 0 Å². The van der Waals surface area contributed by atoms with Crippen LogP contribution in [0, 0.1) is 0 Å². The van der Waals surface area contributed by atoms with Crippen molar-refractivity contribution in [1.82, 2.24) is 21.3 Å². The maximum atomic E-state index is 12.0. The summed E-state index contributed by atoms with van der Waals surface area (Å²) < 4.78 is 5.23. The summed E-state index contributed by atoms with van der Waals surface area (Å²) in [7, 11) is 0. The molecule has 0 saturated carbocycles. The first-order valence-corrected chi connectivity index (χ1v) is 9.77. The Kier molecular flexibility index (Phi) is 11.9. The van der Waals surface area contributed by atoms with E-state index in [-0.39, 0.29) is 45.6 Å². The molecule has 1 heterocycles. The molecule has 5 atom stereocenters. The molecule has 0 aliphatic carbocycles. The van der Waals surface area contributed by atoms with Crippen LogP contribution in [0.5, 0.6) is 0 Å². The van der Waals surface area contributed by atoms with Crippen LogP contribution in [-0.4, -0.2) is 114 Å². The second-order valence-corrected chi connectivity index (χ2v) is 6.86. The second kappa shape index (κ2) is 13.8. The van der Waals surface area contributed by atoms with E-state index in [1.165, 1.54) is 0 Å². The molecule has 14 nitrogen and oxygen atoms in total. The SMILES string of the molecule is NCCNC(=O)CNC(=O)CNC(=O)CCNC(=O)C[C@H]1O[C@H](CO)[C@H](O)[C@H](O)[C@H]1O. The van der Waals surface area contributed by atoms with Gasteiger partial charge in [0.25, 0.3) is 0 Å². The van der Waals surface area contributed by atoms with Crippen LogP contribution in [0.2, 0.25) is 0 Å². The van der Waals surface area contributed by atoms with Crippen molar-refractivity contribution in [2.24, 2.45) is 5.73 Å². The Hall–Kier alpha value is -2.36. The van der Waals surface area contributed by atoms with Crippen molar-refractivity contribution in [2.45, 2.75) is 43.4 Å². The van der Waals surface area contributed by atoms with E-state index in [4.69, 9.17) is 15.6 Å². The number of nitrogens with two attached hydrogens (primary N) is 1. The molecule has 1 saturated heterocycles. The summed E-state index contributed by atoms with van der Waals surface area (Å²) in [6, 6.07) is 0. The number of carbonyl (C=O) groups is 4. The number of ether oxygens (including phenoxy) is 1. The van der Waals surface area contributed by atoms with Gasteiger partial charge in [0.2, 0.25) is 23.6 Å². The van der Waals surface area contributed by atoms with E-state index in [0.29, 0.717) is 0 Å². The van der Waals surface area contributed by atoms with Crippen molar-refractivity contribution in [2.75, 3.05) is 39.3 Å². The molecule has 178 valence electrons. The van der Waals surface area contributed by atoms with Gasteiger partial charge in [0.15, 0.2) is 0 Å². The summed E-state index contributed by atoms with van der Waals surface area (Å²) in [6.45, 7) is -0.701. The average molecular weight is 449 g/mol. The van der Waals surface area contributed by atoms with Gasteiger partial charge in [-0.25, -0.2) is 0 Å². The molecule has 1 aliphatic heterocycles. The summed E-state index contributed by atoms with van der Waals surface area (Å²) in [6.07, 6.45) is -7.37. The van der Waals surface area contributed by atoms with Crippen molar-refractivity contribution < 1.29 is 44.3 Å². The first-order chi connectivity index (χ1) is 14.7. The molecule has 0 aromatic heterocycles. The van der Waals surface area contributed by atoms with Crippen LogP contribution in [-0.2, 0) is 23.9 Å². The predicted molar refractivity (Wildman–Crippen MR) is 104 cm³/mol. The van der Waals surface area contributed by atoms with E-state index >= 15 is 0 Å². The number of amides is 4. The van der Waals surface area contributed by atoms with Gasteiger partial charge in [0, 0.05) is 26.1 Å². The zero-order valence-electron chi connectivity index (χ0n) is 17.0. The normalized spacial score (nSPS) is 25.4. The Balaban J connectivity index is 2.23. The van der Waals surface area contributed by atoms with Gasteiger partial charge in [-0.3, -0.25) is 19.2 Å². The van der Waals surface area contributed by atoms with Gasteiger partial charge in [0.05, 0.1) is 32.2 Å². The molecule has 0 bridgehead atoms. The minimum atomic E-state index is -1.58. The fraction of sp³-hybridized carbons (Fsp3) is 0.765. The third kappa shape index (κ3) is 9.54. The summed E-state index contributed by atoms with van der Waals surface area (Å²) in [4.78, 5) is 46.6. The number of aliphatic hydroxyl groups excluding tert-OH is 4. The van der Waals surface area contributed by atoms with Crippen LogP contribution in [0.4, 0.5) is 0 Å². The quantitative estimate of drug-likeness (QED) is 0.137. The van der Waals surface area contributed by atoms with Crippen LogP contribution < -0.4 is 27.0 Å². The lowest BCUT2D eigenvalue weighted by molar-refractivity contribution is -0.229. The third-order valence-electron chi connectivity index (χ3n) is 4.41. The van der Waals surface area contributed by atoms with Crippen molar-refractivity contribution >= 4 is 23.6 Å². The fourth-order valence-electron chi connectivity index (χ4n) is 2.70. The zero-order chi connectivity index (χ0) is 23.4. The van der Waals surface area contributed by atoms with Crippen LogP contribution in [0.1, 0.15) is 12.8 Å². The minimum Gasteiger partial charge on any atom is -0.394 e. The number of rotatable bonds is 12. The average Bonchev–Trinajstić information content (AvgIpc) is 2.75. The minimum absolute atomic E-state index is 0.0643. The summed E-state index contributed by atoms with van der Waals surface area (Å²) in [5.74, 6) is -2.08. The van der Waals surface area contributed by atoms with Crippen molar-refractivity contribution in [3.63, 3.8) is 0 Å². The molecule has 0 radical (unpaired) electrons. The highest BCUT2D eigenvalue weighted by Gasteiger charge is 2.43. The Morgan fingerprint density at radius 1 is 0.742 bits per heavy atom. The predicted octanol–water partition coefficient (Wildman–Crippen LogP) is -5.97. The summed E-state index contributed by atoms with van der Waals surface area (Å²) in [5.41, 5.74) is 5.23. The molecule has 0 spiro atoms. The Bertz CT molecular complexity index is 619. The van der Waals surface area contributed by atoms with Gasteiger partial charge in [-0.1, -0.05) is 0 Å². The third-order valence-corrected chi connectivity index (χ3v) is 4.41. The topological polar surface area (TPSA) is 233 Å². The van der Waals surface area contributed by atoms with Gasteiger partial charge < -0.3 is 52.2 Å². The Labute approximate surface area is 178 Å². The number of hydrogen-bond acceptors (Lipinski definition) is 10. The lowest BCUT2D eigenvalue weighted by Gasteiger charge is -2.39. The van der Waals surface area contributed by atoms with E-state index in [1.807, 2.05) is 0 Å². The van der Waals surface area contributed by atoms with Gasteiger partial charge in [-0.05, 0) is 0 Å². The van der Waals surface area contributed by atoms with E-state index < -0.39 is 60.8 Å². The molecule has 4 amide bonds. The lowest BCUT2D eigenvalue weighted by atomic mass is 9.93. The highest BCUT2D eigenvalue weighted by molar-refractivity contribution is 5.88. The fourth-order valence-corrected chi connectivity index (χ4v) is 2.70. The molecular formula is C17H31N5O9. The van der Waals surface area contributed by atoms with E-state index in [0.717, 1.165) is 0 Å². The van der Waals surface area contributed by atoms with Gasteiger partial charge >= 0.3 is 0 Å². The molecule has 31 heavy (non-hydrogen) atoms. The van der Waals surface area contributed by atoms with Gasteiger partial charge in [0.1, 0.15) is 24.4 Å². The van der Waals surface area contributed by atoms with E-state index in [1.54, 1.807) is 0 Å². The first kappa shape index (κ1) is 26.7. The highest BCUT2D eigenvalue weighted by Crippen LogP contribution is 2.23. The Morgan fingerprint density at radius 2 is 1.29 bits per heavy atom. The standard InChI is InChI=1S/C17H31N5O9/c18-2-4-20-13(26)6-22-14(27)7-21-11(24)1-3-19-12(25)5-9-15(28)17(30)16(29)10(8-23)31-9/h9-10,15-17,23,28-30H,1-8,18H2,(H,19,25)(H,20,26)(H,21,24)(H,22,27)/t9-,10-,15+,16+,17-/m1/s1. The van der Waals surface area contributed by atoms with Crippen molar-refractivity contribution in [3.05, 3.63) is 0 Å². The lowest BCUT2D eigenvalue weighted by Crippen LogP contribution is -2.59. The molecule has 1 aliphatic rings. The van der Waals surface area contributed by atoms with E-state index in [9.17, 15) is 34.5 Å². The highest BCUT2D eigenvalue weighted by atomic mass is 16.5. The monoisotopic (exact) mass is 449 g/mol. The van der Waals surface area contributed by atoms with Crippen LogP contribution in [0.3, 0.4) is 0 Å². The largest absolute Gasteiger partial charge is 0.394 e. The van der Waals surface area contributed by atoms with Gasteiger partial charge in [-0.15, -0.1) is 0 Å². The molecule has 0 aromatic rings. The Morgan fingerprint density at radius 3 is 1.90 bits per heavy atom. The summed E-state index contributed by atoms with van der Waals surface area (Å²) >= 11 is 0. The molecule has 10 N–H and O–H groups in total. The number of carbonyl (C=O) groups excluding carboxylic acids is 4. The second-order valence-electron chi connectivity index (χ2n) is 6.86. The van der Waals surface area contributed by atoms with Gasteiger partial charge in [-0.2, -0.15) is 0 Å². The zero-order valence-corrected chi connectivity index (χ0v) is 17.0. The van der Waals surface area contributed by atoms with Crippen molar-refractivity contribution in [3.8, 4) is 0 Å². The molecule has 1 rings (SSSR count). The maximum Gasteiger partial charge on any atom is 0.239 e. The molecule has 0 unspecified atom stereocenters. The molecule has 0 aromatic carbocycles. The number of hydrogen-bond donors (Lipinski definition) is 9. The summed E-state index contributed by atoms with van der Waals surface area (Å²) in [5, 5.41) is 48.0. The maximum absolute atomic E-state index is 12.0. The number of aliphatic hydroxyl groups is 4. The molecule has 14 heteroatoms. The first-order valence-electron chi connectivity index (χ1n) is 9.77. The molecule has 1 fully saturated rings. The smallest absolute Gasteiger partial charge is 0.239 e. The van der Waals surface area contributed by atoms with E-state index in [2.05, 4.69) is 21.3 Å². The molecular weight excluding hydrogens is 418 g/mol. The van der Waals surface area contributed by atoms with Crippen molar-refractivity contribution in [1.29, 1.82) is 0 Å².